The predicted octanol–water partition coefficient (Wildman–Crippen LogP) is 2.26. The lowest BCUT2D eigenvalue weighted by atomic mass is 10.1. The van der Waals surface area contributed by atoms with Crippen molar-refractivity contribution in [2.24, 2.45) is 5.41 Å². The third-order valence-electron chi connectivity index (χ3n) is 3.06. The summed E-state index contributed by atoms with van der Waals surface area (Å²) < 4.78 is 0. The van der Waals surface area contributed by atoms with E-state index >= 15 is 0 Å². The van der Waals surface area contributed by atoms with Crippen LogP contribution < -0.4 is 0 Å². The molecule has 0 radical (unpaired) electrons. The van der Waals surface area contributed by atoms with Gasteiger partial charge >= 0.3 is 0 Å². The molecule has 0 atom stereocenters. The van der Waals surface area contributed by atoms with Crippen LogP contribution in [0.5, 0.6) is 0 Å². The van der Waals surface area contributed by atoms with Crippen molar-refractivity contribution in [3.8, 4) is 0 Å². The minimum Gasteiger partial charge on any atom is -0.0598 e. The molecule has 0 bridgehead atoms. The molecule has 0 N–H and O–H groups in total. The van der Waals surface area contributed by atoms with E-state index in [1.54, 1.807) is 0 Å². The van der Waals surface area contributed by atoms with Gasteiger partial charge in [0, 0.05) is 5.41 Å². The van der Waals surface area contributed by atoms with E-state index in [4.69, 9.17) is 0 Å². The van der Waals surface area contributed by atoms with E-state index in [0.29, 0.717) is 0 Å². The van der Waals surface area contributed by atoms with Crippen LogP contribution in [0.15, 0.2) is 11.1 Å². The van der Waals surface area contributed by atoms with Crippen molar-refractivity contribution < 1.29 is 0 Å². The Morgan fingerprint density at radius 2 is 1.62 bits per heavy atom. The lowest BCUT2D eigenvalue weighted by Crippen LogP contribution is -1.85. The molecule has 0 aromatic carbocycles. The molecule has 0 unspecified atom stereocenters. The summed E-state index contributed by atoms with van der Waals surface area (Å²) in [4.78, 5) is 0. The van der Waals surface area contributed by atoms with Gasteiger partial charge in [-0.1, -0.05) is 11.1 Å². The number of allylic oxidation sites excluding steroid dienone is 2. The predicted molar refractivity (Wildman–Crippen MR) is 32.5 cm³/mol. The summed E-state index contributed by atoms with van der Waals surface area (Å²) in [6.45, 7) is 0. The second kappa shape index (κ2) is 0.792. The van der Waals surface area contributed by atoms with Gasteiger partial charge in [-0.2, -0.15) is 0 Å². The van der Waals surface area contributed by atoms with E-state index in [0.717, 1.165) is 5.41 Å². The topological polar surface area (TPSA) is 0 Å². The minimum atomic E-state index is 0.845. The van der Waals surface area contributed by atoms with Crippen molar-refractivity contribution in [2.45, 2.75) is 32.1 Å². The first kappa shape index (κ1) is 3.71. The molecule has 3 aliphatic carbocycles. The van der Waals surface area contributed by atoms with Crippen molar-refractivity contribution in [1.29, 1.82) is 0 Å². The normalized spacial score (nSPS) is 36.0. The lowest BCUT2D eigenvalue weighted by Gasteiger charge is -1.98. The lowest BCUT2D eigenvalue weighted by molar-refractivity contribution is 0.718. The van der Waals surface area contributed by atoms with Gasteiger partial charge in [0.1, 0.15) is 0 Å². The van der Waals surface area contributed by atoms with Crippen molar-refractivity contribution >= 4 is 0 Å². The van der Waals surface area contributed by atoms with Gasteiger partial charge in [0.25, 0.3) is 0 Å². The number of hydrogen-bond donors (Lipinski definition) is 0. The molecule has 1 fully saturated rings. The first-order valence-corrected chi connectivity index (χ1v) is 3.66. The molecular formula is C8H10. The van der Waals surface area contributed by atoms with Gasteiger partial charge in [-0.3, -0.25) is 0 Å². The molecule has 0 aliphatic heterocycles. The Balaban J connectivity index is 2.02. The monoisotopic (exact) mass is 106 g/mol. The van der Waals surface area contributed by atoms with Crippen LogP contribution in [0.2, 0.25) is 0 Å². The molecule has 0 saturated heterocycles. The van der Waals surface area contributed by atoms with E-state index < -0.39 is 0 Å². The van der Waals surface area contributed by atoms with Gasteiger partial charge in [0.05, 0.1) is 0 Å². The van der Waals surface area contributed by atoms with Gasteiger partial charge in [0.15, 0.2) is 0 Å². The summed E-state index contributed by atoms with van der Waals surface area (Å²) in [5.41, 5.74) is 4.62. The molecule has 8 heavy (non-hydrogen) atoms. The number of fused-ring (bicyclic) bond motifs is 2. The maximum atomic E-state index is 1.89. The summed E-state index contributed by atoms with van der Waals surface area (Å²) in [5.74, 6) is 0. The molecule has 3 aliphatic rings. The van der Waals surface area contributed by atoms with Crippen LogP contribution in [-0.2, 0) is 0 Å². The van der Waals surface area contributed by atoms with Crippen LogP contribution in [0.25, 0.3) is 0 Å². The van der Waals surface area contributed by atoms with Crippen molar-refractivity contribution in [3.05, 3.63) is 11.1 Å². The summed E-state index contributed by atoms with van der Waals surface area (Å²) in [6.07, 6.45) is 7.46. The van der Waals surface area contributed by atoms with Gasteiger partial charge in [-0.15, -0.1) is 0 Å². The summed E-state index contributed by atoms with van der Waals surface area (Å²) >= 11 is 0. The van der Waals surface area contributed by atoms with Crippen LogP contribution >= 0.6 is 0 Å². The zero-order valence-electron chi connectivity index (χ0n) is 5.04. The van der Waals surface area contributed by atoms with Crippen LogP contribution in [0.3, 0.4) is 0 Å². The Morgan fingerprint density at radius 3 is 2.00 bits per heavy atom. The van der Waals surface area contributed by atoms with Gasteiger partial charge < -0.3 is 0 Å². The first-order chi connectivity index (χ1) is 3.93. The summed E-state index contributed by atoms with van der Waals surface area (Å²) in [6, 6.07) is 0. The van der Waals surface area contributed by atoms with Crippen LogP contribution in [0.4, 0.5) is 0 Å². The molecule has 0 nitrogen and oxygen atoms in total. The standard InChI is InChI=1S/C8H10/c1-2-6-7(3-1)8(6)4-5-8/h1-5H2. The van der Waals surface area contributed by atoms with E-state index in [1.807, 2.05) is 11.1 Å². The van der Waals surface area contributed by atoms with Crippen LogP contribution in [0, 0.1) is 5.41 Å². The average Bonchev–Trinajstić information content (AvgIpc) is 2.60. The quantitative estimate of drug-likeness (QED) is 0.415. The second-order valence-corrected chi connectivity index (χ2v) is 3.39. The highest BCUT2D eigenvalue weighted by Crippen LogP contribution is 2.75. The molecule has 0 aromatic rings. The molecule has 0 amide bonds. The Labute approximate surface area is 49.6 Å². The zero-order valence-corrected chi connectivity index (χ0v) is 5.04. The van der Waals surface area contributed by atoms with E-state index in [9.17, 15) is 0 Å². The Bertz CT molecular complexity index is 166. The maximum Gasteiger partial charge on any atom is 0.0127 e. The Hall–Kier alpha value is -0.260. The molecule has 3 rings (SSSR count). The van der Waals surface area contributed by atoms with Crippen LogP contribution in [-0.4, -0.2) is 0 Å². The van der Waals surface area contributed by atoms with Gasteiger partial charge in [0.2, 0.25) is 0 Å². The SMILES string of the molecule is C1CC2=C(C1)C21CC1. The van der Waals surface area contributed by atoms with E-state index in [1.165, 1.54) is 32.1 Å². The molecule has 1 spiro atoms. The second-order valence-electron chi connectivity index (χ2n) is 3.39. The van der Waals surface area contributed by atoms with Gasteiger partial charge in [-0.05, 0) is 32.1 Å². The summed E-state index contributed by atoms with van der Waals surface area (Å²) in [7, 11) is 0. The fourth-order valence-electron chi connectivity index (χ4n) is 2.44. The Morgan fingerprint density at radius 1 is 1.00 bits per heavy atom. The van der Waals surface area contributed by atoms with E-state index in [2.05, 4.69) is 0 Å². The van der Waals surface area contributed by atoms with Crippen molar-refractivity contribution in [2.75, 3.05) is 0 Å². The fraction of sp³-hybridized carbons (Fsp3) is 0.750. The highest BCUT2D eigenvalue weighted by atomic mass is 14.7. The largest absolute Gasteiger partial charge is 0.0598 e. The first-order valence-electron chi connectivity index (χ1n) is 3.66. The average molecular weight is 106 g/mol. The maximum absolute atomic E-state index is 1.89. The van der Waals surface area contributed by atoms with Crippen molar-refractivity contribution in [3.63, 3.8) is 0 Å². The fourth-order valence-corrected chi connectivity index (χ4v) is 2.44. The highest BCUT2D eigenvalue weighted by Gasteiger charge is 2.62. The van der Waals surface area contributed by atoms with Crippen molar-refractivity contribution in [1.82, 2.24) is 0 Å². The minimum absolute atomic E-state index is 0.845. The van der Waals surface area contributed by atoms with Gasteiger partial charge in [-0.25, -0.2) is 0 Å². The highest BCUT2D eigenvalue weighted by molar-refractivity contribution is 5.57. The molecule has 0 aromatic heterocycles. The van der Waals surface area contributed by atoms with Crippen LogP contribution in [0.1, 0.15) is 32.1 Å². The number of rotatable bonds is 0. The number of hydrogen-bond acceptors (Lipinski definition) is 0. The molecule has 0 heteroatoms. The molecular weight excluding hydrogens is 96.1 g/mol. The molecule has 42 valence electrons. The molecule has 1 saturated carbocycles. The Kier molecular flexibility index (Phi) is 0.367. The summed E-state index contributed by atoms with van der Waals surface area (Å²) in [5, 5.41) is 0. The van der Waals surface area contributed by atoms with E-state index in [-0.39, 0.29) is 0 Å². The third-order valence-corrected chi connectivity index (χ3v) is 3.06. The third kappa shape index (κ3) is 0.211. The smallest absolute Gasteiger partial charge is 0.0127 e. The molecule has 0 heterocycles. The zero-order chi connectivity index (χ0) is 5.19.